The van der Waals surface area contributed by atoms with Gasteiger partial charge in [0.25, 0.3) is 0 Å². The summed E-state index contributed by atoms with van der Waals surface area (Å²) in [7, 11) is 1.40. The Morgan fingerprint density at radius 2 is 2.06 bits per heavy atom. The van der Waals surface area contributed by atoms with Crippen molar-refractivity contribution >= 4 is 5.97 Å². The van der Waals surface area contributed by atoms with Crippen molar-refractivity contribution in [1.29, 1.82) is 0 Å². The van der Waals surface area contributed by atoms with Gasteiger partial charge in [-0.3, -0.25) is 4.79 Å². The molecule has 0 amide bonds. The van der Waals surface area contributed by atoms with Gasteiger partial charge in [-0.25, -0.2) is 4.79 Å². The zero-order chi connectivity index (χ0) is 13.9. The summed E-state index contributed by atoms with van der Waals surface area (Å²) in [5.41, 5.74) is -0.420. The highest BCUT2D eigenvalue weighted by molar-refractivity contribution is 5.85. The summed E-state index contributed by atoms with van der Waals surface area (Å²) in [6.45, 7) is 6.06. The summed E-state index contributed by atoms with van der Waals surface area (Å²) >= 11 is 0. The minimum atomic E-state index is -1.11. The maximum absolute atomic E-state index is 11.6. The molecule has 0 aliphatic carbocycles. The molecule has 0 bridgehead atoms. The minimum Gasteiger partial charge on any atom is -0.491 e. The molecule has 0 radical (unpaired) electrons. The van der Waals surface area contributed by atoms with Crippen LogP contribution in [-0.2, 0) is 0 Å². The minimum absolute atomic E-state index is 0.00560. The second kappa shape index (κ2) is 5.71. The normalized spacial score (nSPS) is 12.5. The summed E-state index contributed by atoms with van der Waals surface area (Å²) < 4.78 is 6.54. The summed E-state index contributed by atoms with van der Waals surface area (Å²) in [5.74, 6) is -0.506. The number of carbonyl (C=O) groups is 1. The van der Waals surface area contributed by atoms with Gasteiger partial charge in [-0.15, -0.1) is 0 Å². The van der Waals surface area contributed by atoms with Crippen molar-refractivity contribution in [2.45, 2.75) is 33.2 Å². The summed E-state index contributed by atoms with van der Waals surface area (Å²) in [4.78, 5) is 22.7. The molecule has 1 aromatic heterocycles. The Balaban J connectivity index is 3.30. The quantitative estimate of drug-likeness (QED) is 0.873. The number of hydrogen-bond acceptors (Lipinski definition) is 3. The fourth-order valence-electron chi connectivity index (χ4n) is 2.02. The van der Waals surface area contributed by atoms with E-state index >= 15 is 0 Å². The van der Waals surface area contributed by atoms with Gasteiger partial charge in [0.2, 0.25) is 5.43 Å². The first-order valence-electron chi connectivity index (χ1n) is 5.90. The molecular formula is C13H19NO4. The molecule has 1 atom stereocenters. The molecule has 1 rings (SSSR count). The van der Waals surface area contributed by atoms with E-state index in [0.717, 1.165) is 12.5 Å². The average molecular weight is 253 g/mol. The average Bonchev–Trinajstić information content (AvgIpc) is 2.27. The molecule has 1 unspecified atom stereocenters. The molecule has 5 nitrogen and oxygen atoms in total. The number of aromatic nitrogens is 1. The molecule has 1 N–H and O–H groups in total. The van der Waals surface area contributed by atoms with Crippen molar-refractivity contribution in [2.24, 2.45) is 5.92 Å². The third kappa shape index (κ3) is 3.12. The van der Waals surface area contributed by atoms with Crippen molar-refractivity contribution in [1.82, 2.24) is 4.57 Å². The van der Waals surface area contributed by atoms with Crippen molar-refractivity contribution in [3.63, 3.8) is 0 Å². The van der Waals surface area contributed by atoms with Gasteiger partial charge in [-0.1, -0.05) is 13.8 Å². The van der Waals surface area contributed by atoms with Crippen LogP contribution >= 0.6 is 0 Å². The third-order valence-corrected chi connectivity index (χ3v) is 2.77. The third-order valence-electron chi connectivity index (χ3n) is 2.77. The van der Waals surface area contributed by atoms with E-state index in [4.69, 9.17) is 9.84 Å². The lowest BCUT2D eigenvalue weighted by atomic mass is 10.0. The predicted octanol–water partition coefficient (Wildman–Crippen LogP) is 2.16. The second-order valence-corrected chi connectivity index (χ2v) is 4.78. The Hall–Kier alpha value is -1.78. The van der Waals surface area contributed by atoms with E-state index in [1.165, 1.54) is 13.3 Å². The molecule has 1 aromatic rings. The summed E-state index contributed by atoms with van der Waals surface area (Å²) in [5, 5.41) is 9.14. The van der Waals surface area contributed by atoms with Crippen LogP contribution in [0.3, 0.4) is 0 Å². The van der Waals surface area contributed by atoms with Crippen molar-refractivity contribution in [2.75, 3.05) is 7.11 Å². The number of ether oxygens (including phenoxy) is 1. The van der Waals surface area contributed by atoms with E-state index in [2.05, 4.69) is 13.8 Å². The van der Waals surface area contributed by atoms with Crippen molar-refractivity contribution in [3.05, 3.63) is 28.2 Å². The van der Waals surface area contributed by atoms with Crippen LogP contribution in [0.1, 0.15) is 43.7 Å². The first-order valence-corrected chi connectivity index (χ1v) is 5.90. The number of hydrogen-bond donors (Lipinski definition) is 1. The topological polar surface area (TPSA) is 68.5 Å². The molecule has 0 aromatic carbocycles. The fraction of sp³-hybridized carbons (Fsp3) is 0.538. The molecular weight excluding hydrogens is 234 g/mol. The van der Waals surface area contributed by atoms with E-state index < -0.39 is 11.4 Å². The van der Waals surface area contributed by atoms with Gasteiger partial charge >= 0.3 is 5.97 Å². The number of aromatic carboxylic acids is 1. The first-order chi connectivity index (χ1) is 8.36. The van der Waals surface area contributed by atoms with Gasteiger partial charge < -0.3 is 14.4 Å². The van der Waals surface area contributed by atoms with Gasteiger partial charge in [-0.2, -0.15) is 0 Å². The number of carboxylic acid groups (broad SMARTS) is 1. The van der Waals surface area contributed by atoms with Crippen LogP contribution in [0.5, 0.6) is 5.75 Å². The number of rotatable bonds is 5. The highest BCUT2D eigenvalue weighted by Crippen LogP contribution is 2.20. The number of pyridine rings is 1. The summed E-state index contributed by atoms with van der Waals surface area (Å²) in [6.07, 6.45) is 2.30. The number of methoxy groups -OCH3 is 1. The molecule has 100 valence electrons. The largest absolute Gasteiger partial charge is 0.491 e. The lowest BCUT2D eigenvalue weighted by Crippen LogP contribution is -2.21. The molecule has 0 aliphatic rings. The van der Waals surface area contributed by atoms with E-state index in [-0.39, 0.29) is 17.5 Å². The Bertz CT molecular complexity index is 490. The van der Waals surface area contributed by atoms with E-state index in [1.54, 1.807) is 4.57 Å². The smallest absolute Gasteiger partial charge is 0.352 e. The molecule has 1 heterocycles. The molecule has 0 fully saturated rings. The highest BCUT2D eigenvalue weighted by atomic mass is 16.5. The van der Waals surface area contributed by atoms with Crippen LogP contribution in [0.4, 0.5) is 0 Å². The molecule has 0 saturated carbocycles. The lowest BCUT2D eigenvalue weighted by molar-refractivity contribution is 0.0680. The van der Waals surface area contributed by atoms with Crippen LogP contribution in [0, 0.1) is 5.92 Å². The SMILES string of the molecule is COc1cn(C(C)CC(C)C)c(C(=O)O)cc1=O. The number of carboxylic acids is 1. The van der Waals surface area contributed by atoms with Gasteiger partial charge in [0.1, 0.15) is 5.69 Å². The Morgan fingerprint density at radius 3 is 2.50 bits per heavy atom. The van der Waals surface area contributed by atoms with Crippen molar-refractivity contribution < 1.29 is 14.6 Å². The highest BCUT2D eigenvalue weighted by Gasteiger charge is 2.17. The van der Waals surface area contributed by atoms with Crippen LogP contribution in [-0.4, -0.2) is 22.8 Å². The Labute approximate surface area is 106 Å². The lowest BCUT2D eigenvalue weighted by Gasteiger charge is -2.21. The second-order valence-electron chi connectivity index (χ2n) is 4.78. The van der Waals surface area contributed by atoms with Gasteiger partial charge in [0, 0.05) is 12.1 Å². The van der Waals surface area contributed by atoms with Gasteiger partial charge in [0.15, 0.2) is 5.75 Å². The van der Waals surface area contributed by atoms with E-state index in [9.17, 15) is 9.59 Å². The van der Waals surface area contributed by atoms with Crippen molar-refractivity contribution in [3.8, 4) is 5.75 Å². The Morgan fingerprint density at radius 1 is 1.44 bits per heavy atom. The molecule has 0 aliphatic heterocycles. The maximum Gasteiger partial charge on any atom is 0.352 e. The number of nitrogens with zero attached hydrogens (tertiary/aromatic N) is 1. The first kappa shape index (κ1) is 14.3. The van der Waals surface area contributed by atoms with E-state index in [0.29, 0.717) is 5.92 Å². The maximum atomic E-state index is 11.6. The van der Waals surface area contributed by atoms with Crippen LogP contribution in [0.15, 0.2) is 17.1 Å². The zero-order valence-electron chi connectivity index (χ0n) is 11.1. The predicted molar refractivity (Wildman–Crippen MR) is 68.4 cm³/mol. The monoisotopic (exact) mass is 253 g/mol. The standard InChI is InChI=1S/C13H19NO4/c1-8(2)5-9(3)14-7-12(18-4)11(15)6-10(14)13(16)17/h6-9H,5H2,1-4H3,(H,16,17). The van der Waals surface area contributed by atoms with E-state index in [1.807, 2.05) is 6.92 Å². The fourth-order valence-corrected chi connectivity index (χ4v) is 2.02. The molecule has 18 heavy (non-hydrogen) atoms. The molecule has 0 saturated heterocycles. The summed E-state index contributed by atoms with van der Waals surface area (Å²) in [6, 6.07) is 1.10. The van der Waals surface area contributed by atoms with Gasteiger partial charge in [0.05, 0.1) is 13.3 Å². The zero-order valence-corrected chi connectivity index (χ0v) is 11.1. The Kier molecular flexibility index (Phi) is 4.53. The van der Waals surface area contributed by atoms with Crippen LogP contribution < -0.4 is 10.2 Å². The van der Waals surface area contributed by atoms with Gasteiger partial charge in [-0.05, 0) is 19.3 Å². The molecule has 5 heteroatoms. The van der Waals surface area contributed by atoms with Crippen LogP contribution in [0.25, 0.3) is 0 Å². The molecule has 0 spiro atoms. The van der Waals surface area contributed by atoms with Crippen LogP contribution in [0.2, 0.25) is 0 Å².